The monoisotopic (exact) mass is 268 g/mol. The van der Waals surface area contributed by atoms with Crippen molar-refractivity contribution < 1.29 is 13.9 Å². The van der Waals surface area contributed by atoms with Gasteiger partial charge >= 0.3 is 0 Å². The molecular formula is C14H21FN2O2. The Balaban J connectivity index is 2.54. The highest BCUT2D eigenvalue weighted by Gasteiger charge is 2.10. The first kappa shape index (κ1) is 15.4. The van der Waals surface area contributed by atoms with Gasteiger partial charge in [-0.1, -0.05) is 13.0 Å². The molecule has 106 valence electrons. The Hall–Kier alpha value is -1.62. The summed E-state index contributed by atoms with van der Waals surface area (Å²) in [5.74, 6) is -0.318. The highest BCUT2D eigenvalue weighted by Crippen LogP contribution is 2.20. The molecule has 1 aromatic carbocycles. The van der Waals surface area contributed by atoms with Crippen molar-refractivity contribution in [3.63, 3.8) is 0 Å². The van der Waals surface area contributed by atoms with Crippen molar-refractivity contribution in [3.8, 4) is 5.75 Å². The molecule has 3 N–H and O–H groups in total. The van der Waals surface area contributed by atoms with Crippen molar-refractivity contribution in [2.24, 2.45) is 5.73 Å². The van der Waals surface area contributed by atoms with Crippen LogP contribution in [0.4, 0.5) is 4.39 Å². The number of nitrogens with two attached hydrogens (primary N) is 1. The highest BCUT2D eigenvalue weighted by atomic mass is 19.1. The zero-order valence-electron chi connectivity index (χ0n) is 11.6. The van der Waals surface area contributed by atoms with Gasteiger partial charge in [-0.15, -0.1) is 0 Å². The van der Waals surface area contributed by atoms with Crippen molar-refractivity contribution in [3.05, 3.63) is 29.6 Å². The summed E-state index contributed by atoms with van der Waals surface area (Å²) in [6, 6.07) is 4.16. The Morgan fingerprint density at radius 2 is 2.16 bits per heavy atom. The number of hydrogen-bond acceptors (Lipinski definition) is 3. The SMILES string of the molecule is CCC(C)NC(=O)COc1ccc(C(C)N)c(F)c1. The number of hydrogen-bond donors (Lipinski definition) is 2. The molecule has 0 heterocycles. The summed E-state index contributed by atoms with van der Waals surface area (Å²) in [7, 11) is 0. The molecule has 0 saturated carbocycles. The first-order valence-corrected chi connectivity index (χ1v) is 6.41. The fourth-order valence-electron chi connectivity index (χ4n) is 1.53. The second kappa shape index (κ2) is 7.09. The molecule has 0 aliphatic rings. The van der Waals surface area contributed by atoms with Crippen molar-refractivity contribution >= 4 is 5.91 Å². The van der Waals surface area contributed by atoms with Crippen LogP contribution in [0.1, 0.15) is 38.8 Å². The maximum absolute atomic E-state index is 13.6. The molecule has 2 atom stereocenters. The van der Waals surface area contributed by atoms with Gasteiger partial charge in [0.15, 0.2) is 6.61 Å². The summed E-state index contributed by atoms with van der Waals surface area (Å²) in [5, 5.41) is 2.77. The smallest absolute Gasteiger partial charge is 0.258 e. The molecule has 0 bridgehead atoms. The fraction of sp³-hybridized carbons (Fsp3) is 0.500. The van der Waals surface area contributed by atoms with Crippen LogP contribution >= 0.6 is 0 Å². The molecule has 1 aromatic rings. The van der Waals surface area contributed by atoms with Crippen LogP contribution in [0.25, 0.3) is 0 Å². The maximum Gasteiger partial charge on any atom is 0.258 e. The van der Waals surface area contributed by atoms with Crippen LogP contribution < -0.4 is 15.8 Å². The van der Waals surface area contributed by atoms with Crippen molar-refractivity contribution in [2.75, 3.05) is 6.61 Å². The van der Waals surface area contributed by atoms with E-state index in [1.165, 1.54) is 6.07 Å². The minimum absolute atomic E-state index is 0.105. The number of amides is 1. The Morgan fingerprint density at radius 1 is 1.47 bits per heavy atom. The lowest BCUT2D eigenvalue weighted by Gasteiger charge is -2.13. The lowest BCUT2D eigenvalue weighted by molar-refractivity contribution is -0.123. The van der Waals surface area contributed by atoms with Crippen LogP contribution in [0.15, 0.2) is 18.2 Å². The number of ether oxygens (including phenoxy) is 1. The summed E-state index contributed by atoms with van der Waals surface area (Å²) in [5.41, 5.74) is 6.04. The molecule has 1 rings (SSSR count). The van der Waals surface area contributed by atoms with Crippen LogP contribution in [-0.4, -0.2) is 18.6 Å². The third-order valence-corrected chi connectivity index (χ3v) is 2.85. The number of carbonyl (C=O) groups is 1. The molecule has 0 saturated heterocycles. The third-order valence-electron chi connectivity index (χ3n) is 2.85. The van der Waals surface area contributed by atoms with Gasteiger partial charge in [-0.3, -0.25) is 4.79 Å². The average molecular weight is 268 g/mol. The summed E-state index contributed by atoms with van der Waals surface area (Å²) in [6.07, 6.45) is 0.851. The normalized spacial score (nSPS) is 13.7. The predicted octanol–water partition coefficient (Wildman–Crippen LogP) is 2.14. The minimum atomic E-state index is -0.421. The second-order valence-electron chi connectivity index (χ2n) is 4.64. The molecule has 19 heavy (non-hydrogen) atoms. The number of benzene rings is 1. The van der Waals surface area contributed by atoms with Crippen molar-refractivity contribution in [2.45, 2.75) is 39.3 Å². The second-order valence-corrected chi connectivity index (χ2v) is 4.64. The van der Waals surface area contributed by atoms with Gasteiger partial charge in [0, 0.05) is 23.7 Å². The van der Waals surface area contributed by atoms with Gasteiger partial charge in [0.1, 0.15) is 11.6 Å². The van der Waals surface area contributed by atoms with E-state index in [0.29, 0.717) is 11.3 Å². The van der Waals surface area contributed by atoms with Gasteiger partial charge in [0.05, 0.1) is 0 Å². The molecule has 0 aromatic heterocycles. The van der Waals surface area contributed by atoms with Crippen LogP contribution in [0.5, 0.6) is 5.75 Å². The predicted molar refractivity (Wildman–Crippen MR) is 72.4 cm³/mol. The maximum atomic E-state index is 13.6. The number of carbonyl (C=O) groups excluding carboxylic acids is 1. The Kier molecular flexibility index (Phi) is 5.76. The first-order valence-electron chi connectivity index (χ1n) is 6.41. The van der Waals surface area contributed by atoms with E-state index >= 15 is 0 Å². The fourth-order valence-corrected chi connectivity index (χ4v) is 1.53. The Morgan fingerprint density at radius 3 is 2.68 bits per heavy atom. The van der Waals surface area contributed by atoms with Gasteiger partial charge in [-0.05, 0) is 26.3 Å². The van der Waals surface area contributed by atoms with Crippen LogP contribution in [0.2, 0.25) is 0 Å². The molecule has 2 unspecified atom stereocenters. The lowest BCUT2D eigenvalue weighted by Crippen LogP contribution is -2.35. The topological polar surface area (TPSA) is 64.3 Å². The summed E-state index contributed by atoms with van der Waals surface area (Å²) in [6.45, 7) is 5.47. The molecular weight excluding hydrogens is 247 g/mol. The van der Waals surface area contributed by atoms with Gasteiger partial charge < -0.3 is 15.8 Å². The van der Waals surface area contributed by atoms with E-state index in [0.717, 1.165) is 6.42 Å². The van der Waals surface area contributed by atoms with E-state index < -0.39 is 5.82 Å². The molecule has 0 fully saturated rings. The van der Waals surface area contributed by atoms with Gasteiger partial charge in [0.2, 0.25) is 0 Å². The molecule has 4 nitrogen and oxygen atoms in total. The minimum Gasteiger partial charge on any atom is -0.484 e. The number of nitrogens with one attached hydrogen (secondary N) is 1. The number of halogens is 1. The van der Waals surface area contributed by atoms with E-state index in [-0.39, 0.29) is 24.6 Å². The van der Waals surface area contributed by atoms with E-state index in [1.54, 1.807) is 19.1 Å². The molecule has 0 radical (unpaired) electrons. The van der Waals surface area contributed by atoms with Gasteiger partial charge in [-0.2, -0.15) is 0 Å². The summed E-state index contributed by atoms with van der Waals surface area (Å²) < 4.78 is 18.9. The summed E-state index contributed by atoms with van der Waals surface area (Å²) in [4.78, 5) is 11.5. The highest BCUT2D eigenvalue weighted by molar-refractivity contribution is 5.77. The average Bonchev–Trinajstić information content (AvgIpc) is 2.35. The quantitative estimate of drug-likeness (QED) is 0.830. The first-order chi connectivity index (χ1) is 8.93. The van der Waals surface area contributed by atoms with Crippen molar-refractivity contribution in [1.29, 1.82) is 0 Å². The zero-order valence-corrected chi connectivity index (χ0v) is 11.6. The van der Waals surface area contributed by atoms with E-state index in [9.17, 15) is 9.18 Å². The van der Waals surface area contributed by atoms with Crippen LogP contribution in [0.3, 0.4) is 0 Å². The van der Waals surface area contributed by atoms with Crippen LogP contribution in [-0.2, 0) is 4.79 Å². The Bertz CT molecular complexity index is 435. The summed E-state index contributed by atoms with van der Waals surface area (Å²) >= 11 is 0. The Labute approximate surface area is 113 Å². The molecule has 1 amide bonds. The van der Waals surface area contributed by atoms with Crippen molar-refractivity contribution in [1.82, 2.24) is 5.32 Å². The lowest BCUT2D eigenvalue weighted by atomic mass is 10.1. The van der Waals surface area contributed by atoms with Crippen LogP contribution in [0, 0.1) is 5.82 Å². The van der Waals surface area contributed by atoms with Gasteiger partial charge in [-0.25, -0.2) is 4.39 Å². The molecule has 5 heteroatoms. The molecule has 0 aliphatic carbocycles. The number of rotatable bonds is 6. The standard InChI is InChI=1S/C14H21FN2O2/c1-4-9(2)17-14(18)8-19-11-5-6-12(10(3)16)13(15)7-11/h5-7,9-10H,4,8,16H2,1-3H3,(H,17,18). The van der Waals surface area contributed by atoms with E-state index in [4.69, 9.17) is 10.5 Å². The third kappa shape index (κ3) is 4.87. The largest absolute Gasteiger partial charge is 0.484 e. The molecule has 0 spiro atoms. The van der Waals surface area contributed by atoms with E-state index in [1.807, 2.05) is 13.8 Å². The van der Waals surface area contributed by atoms with E-state index in [2.05, 4.69) is 5.32 Å². The zero-order chi connectivity index (χ0) is 14.4. The molecule has 0 aliphatic heterocycles. The van der Waals surface area contributed by atoms with Gasteiger partial charge in [0.25, 0.3) is 5.91 Å².